The first-order chi connectivity index (χ1) is 13.1. The molecule has 146 valence electrons. The van der Waals surface area contributed by atoms with Gasteiger partial charge in [0.2, 0.25) is 0 Å². The van der Waals surface area contributed by atoms with Crippen molar-refractivity contribution in [2.45, 2.75) is 30.6 Å². The summed E-state index contributed by atoms with van der Waals surface area (Å²) in [6, 6.07) is 17.1. The molecule has 0 spiro atoms. The van der Waals surface area contributed by atoms with Crippen LogP contribution >= 0.6 is 0 Å². The summed E-state index contributed by atoms with van der Waals surface area (Å²) in [5.41, 5.74) is 1.35. The molecule has 0 unspecified atom stereocenters. The van der Waals surface area contributed by atoms with Crippen molar-refractivity contribution in [2.24, 2.45) is 5.92 Å². The number of sulfone groups is 1. The van der Waals surface area contributed by atoms with Gasteiger partial charge in [0.1, 0.15) is 5.75 Å². The molecule has 0 bridgehead atoms. The zero-order valence-corrected chi connectivity index (χ0v) is 16.8. The number of hydrogen-bond acceptors (Lipinski definition) is 4. The molecule has 0 radical (unpaired) electrons. The van der Waals surface area contributed by atoms with E-state index in [4.69, 9.17) is 4.74 Å². The van der Waals surface area contributed by atoms with Crippen LogP contribution in [0.15, 0.2) is 59.5 Å². The molecule has 0 aliphatic carbocycles. The molecule has 0 saturated carbocycles. The molecule has 5 heteroatoms. The van der Waals surface area contributed by atoms with Gasteiger partial charge in [0.15, 0.2) is 9.84 Å². The quantitative estimate of drug-likeness (QED) is 0.691. The summed E-state index contributed by atoms with van der Waals surface area (Å²) >= 11 is 0. The second-order valence-corrected chi connectivity index (χ2v) is 9.41. The van der Waals surface area contributed by atoms with Crippen molar-refractivity contribution in [2.75, 3.05) is 32.5 Å². The van der Waals surface area contributed by atoms with Gasteiger partial charge < -0.3 is 9.64 Å². The maximum Gasteiger partial charge on any atom is 0.179 e. The fourth-order valence-electron chi connectivity index (χ4n) is 3.66. The molecule has 4 nitrogen and oxygen atoms in total. The van der Waals surface area contributed by atoms with Crippen molar-refractivity contribution in [3.63, 3.8) is 0 Å². The number of nitrogens with zero attached hydrogens (tertiary/aromatic N) is 1. The largest absolute Gasteiger partial charge is 0.497 e. The summed E-state index contributed by atoms with van der Waals surface area (Å²) in [5.74, 6) is 1.83. The Hall–Kier alpha value is -1.85. The predicted octanol–water partition coefficient (Wildman–Crippen LogP) is 3.81. The maximum atomic E-state index is 12.4. The molecule has 2 aromatic rings. The smallest absolute Gasteiger partial charge is 0.179 e. The molecule has 1 aliphatic heterocycles. The summed E-state index contributed by atoms with van der Waals surface area (Å²) in [6.45, 7) is 2.62. The Kier molecular flexibility index (Phi) is 6.91. The van der Waals surface area contributed by atoms with Crippen molar-refractivity contribution in [1.29, 1.82) is 0 Å². The lowest BCUT2D eigenvalue weighted by Gasteiger charge is -2.31. The molecule has 1 heterocycles. The van der Waals surface area contributed by atoms with Crippen LogP contribution in [0.2, 0.25) is 0 Å². The van der Waals surface area contributed by atoms with Gasteiger partial charge in [-0.2, -0.15) is 0 Å². The summed E-state index contributed by atoms with van der Waals surface area (Å²) in [4.78, 5) is 2.73. The van der Waals surface area contributed by atoms with Crippen molar-refractivity contribution < 1.29 is 13.2 Å². The van der Waals surface area contributed by atoms with E-state index in [0.29, 0.717) is 11.4 Å². The molecule has 27 heavy (non-hydrogen) atoms. The number of aryl methyl sites for hydroxylation is 1. The molecule has 1 saturated heterocycles. The van der Waals surface area contributed by atoms with Crippen LogP contribution < -0.4 is 4.74 Å². The zero-order valence-electron chi connectivity index (χ0n) is 16.0. The molecule has 1 aliphatic rings. The lowest BCUT2D eigenvalue weighted by Crippen LogP contribution is -2.37. The number of likely N-dealkylation sites (tertiary alicyclic amines) is 1. The van der Waals surface area contributed by atoms with E-state index in [-0.39, 0.29) is 5.75 Å². The van der Waals surface area contributed by atoms with E-state index in [0.717, 1.165) is 44.0 Å². The van der Waals surface area contributed by atoms with Crippen LogP contribution in [0, 0.1) is 5.92 Å². The van der Waals surface area contributed by atoms with Crippen molar-refractivity contribution in [1.82, 2.24) is 4.90 Å². The van der Waals surface area contributed by atoms with E-state index >= 15 is 0 Å². The Morgan fingerprint density at radius 3 is 2.30 bits per heavy atom. The zero-order chi connectivity index (χ0) is 19.1. The number of methoxy groups -OCH3 is 1. The first kappa shape index (κ1) is 19.9. The van der Waals surface area contributed by atoms with Crippen LogP contribution in [-0.2, 0) is 16.3 Å². The number of benzene rings is 2. The third-order valence-electron chi connectivity index (χ3n) is 5.49. The van der Waals surface area contributed by atoms with Gasteiger partial charge in [0.05, 0.1) is 17.8 Å². The van der Waals surface area contributed by atoms with Gasteiger partial charge in [-0.25, -0.2) is 8.42 Å². The molecule has 0 aromatic heterocycles. The Morgan fingerprint density at radius 1 is 1.00 bits per heavy atom. The van der Waals surface area contributed by atoms with Crippen LogP contribution in [0.25, 0.3) is 0 Å². The number of hydrogen-bond donors (Lipinski definition) is 0. The topological polar surface area (TPSA) is 46.6 Å². The normalized spacial score (nSPS) is 16.3. The Bertz CT molecular complexity index is 795. The minimum Gasteiger partial charge on any atom is -0.497 e. The lowest BCUT2D eigenvalue weighted by molar-refractivity contribution is 0.187. The van der Waals surface area contributed by atoms with Crippen LogP contribution in [0.4, 0.5) is 0 Å². The highest BCUT2D eigenvalue weighted by Gasteiger charge is 2.21. The highest BCUT2D eigenvalue weighted by atomic mass is 32.2. The SMILES string of the molecule is COc1ccc(CCC2CCN(CCS(=O)(=O)c3ccccc3)CC2)cc1. The first-order valence-electron chi connectivity index (χ1n) is 9.70. The van der Waals surface area contributed by atoms with Crippen LogP contribution in [0.1, 0.15) is 24.8 Å². The summed E-state index contributed by atoms with van der Waals surface area (Å²) in [7, 11) is -1.49. The van der Waals surface area contributed by atoms with Gasteiger partial charge in [-0.3, -0.25) is 0 Å². The summed E-state index contributed by atoms with van der Waals surface area (Å²) in [6.07, 6.45) is 4.60. The fraction of sp³-hybridized carbons (Fsp3) is 0.455. The minimum absolute atomic E-state index is 0.202. The average molecular weight is 388 g/mol. The summed E-state index contributed by atoms with van der Waals surface area (Å²) < 4.78 is 30.0. The third-order valence-corrected chi connectivity index (χ3v) is 7.20. The molecule has 0 N–H and O–H groups in total. The van der Waals surface area contributed by atoms with Crippen molar-refractivity contribution >= 4 is 9.84 Å². The van der Waals surface area contributed by atoms with Gasteiger partial charge in [0.25, 0.3) is 0 Å². The average Bonchev–Trinajstić information content (AvgIpc) is 2.72. The van der Waals surface area contributed by atoms with Gasteiger partial charge in [0, 0.05) is 6.54 Å². The van der Waals surface area contributed by atoms with Crippen LogP contribution in [0.3, 0.4) is 0 Å². The molecule has 3 rings (SSSR count). The Labute approximate surface area is 163 Å². The van der Waals surface area contributed by atoms with Crippen LogP contribution in [0.5, 0.6) is 5.75 Å². The molecule has 1 fully saturated rings. The van der Waals surface area contributed by atoms with Crippen molar-refractivity contribution in [3.05, 3.63) is 60.2 Å². The number of ether oxygens (including phenoxy) is 1. The molecule has 2 aromatic carbocycles. The van der Waals surface area contributed by atoms with E-state index in [1.165, 1.54) is 12.0 Å². The maximum absolute atomic E-state index is 12.4. The van der Waals surface area contributed by atoms with Crippen LogP contribution in [-0.4, -0.2) is 45.8 Å². The van der Waals surface area contributed by atoms with Gasteiger partial charge in [-0.1, -0.05) is 30.3 Å². The standard InChI is InChI=1S/C22H29NO3S/c1-26-21-11-9-19(10-12-21)7-8-20-13-15-23(16-14-20)17-18-27(24,25)22-5-3-2-4-6-22/h2-6,9-12,20H,7-8,13-18H2,1H3. The fourth-order valence-corrected chi connectivity index (χ4v) is 4.96. The van der Waals surface area contributed by atoms with Gasteiger partial charge in [-0.15, -0.1) is 0 Å². The second-order valence-electron chi connectivity index (χ2n) is 7.30. The first-order valence-corrected chi connectivity index (χ1v) is 11.3. The van der Waals surface area contributed by atoms with E-state index in [1.54, 1.807) is 31.4 Å². The Balaban J connectivity index is 1.40. The predicted molar refractivity (Wildman–Crippen MR) is 109 cm³/mol. The molecule has 0 atom stereocenters. The number of rotatable bonds is 8. The highest BCUT2D eigenvalue weighted by Crippen LogP contribution is 2.23. The summed E-state index contributed by atoms with van der Waals surface area (Å²) in [5, 5.41) is 0. The monoisotopic (exact) mass is 387 g/mol. The molecular weight excluding hydrogens is 358 g/mol. The van der Waals surface area contributed by atoms with Gasteiger partial charge >= 0.3 is 0 Å². The van der Waals surface area contributed by atoms with E-state index in [9.17, 15) is 8.42 Å². The number of piperidine rings is 1. The van der Waals surface area contributed by atoms with Crippen molar-refractivity contribution in [3.8, 4) is 5.75 Å². The lowest BCUT2D eigenvalue weighted by atomic mass is 9.90. The van der Waals surface area contributed by atoms with Gasteiger partial charge in [-0.05, 0) is 74.5 Å². The van der Waals surface area contributed by atoms with E-state index in [1.807, 2.05) is 18.2 Å². The minimum atomic E-state index is -3.18. The second kappa shape index (κ2) is 9.38. The Morgan fingerprint density at radius 2 is 1.67 bits per heavy atom. The van der Waals surface area contributed by atoms with E-state index in [2.05, 4.69) is 17.0 Å². The molecular formula is C22H29NO3S. The third kappa shape index (κ3) is 5.81. The molecule has 0 amide bonds. The van der Waals surface area contributed by atoms with E-state index < -0.39 is 9.84 Å². The highest BCUT2D eigenvalue weighted by molar-refractivity contribution is 7.91.